The van der Waals surface area contributed by atoms with Gasteiger partial charge in [0.25, 0.3) is 5.91 Å². The van der Waals surface area contributed by atoms with Crippen molar-refractivity contribution in [1.29, 1.82) is 0 Å². The van der Waals surface area contributed by atoms with Crippen molar-refractivity contribution in [2.45, 2.75) is 49.2 Å². The quantitative estimate of drug-likeness (QED) is 0.258. The Labute approximate surface area is 270 Å². The van der Waals surface area contributed by atoms with Gasteiger partial charge in [0.1, 0.15) is 27.8 Å². The lowest BCUT2D eigenvalue weighted by atomic mass is 10.0. The zero-order chi connectivity index (χ0) is 32.9. The van der Waals surface area contributed by atoms with E-state index in [1.807, 2.05) is 34.7 Å². The van der Waals surface area contributed by atoms with E-state index < -0.39 is 26.6 Å². The summed E-state index contributed by atoms with van der Waals surface area (Å²) in [6.45, 7) is 1.35. The largest absolute Gasteiger partial charge is 0.494 e. The second-order valence-corrected chi connectivity index (χ2v) is 14.7. The number of aryl methyl sites for hydroxylation is 1. The first-order chi connectivity index (χ1) is 22.4. The summed E-state index contributed by atoms with van der Waals surface area (Å²) >= 11 is 0. The maximum atomic E-state index is 15.0. The molecule has 3 heterocycles. The standard InChI is InChI=1S/C34H34F2N6O4S/c1-40-32-25(9-21(12-29(32)46-2)34(43)42-16-20-7-8-26(42)31(20)37)39-33(40)28-11-19-6-5-18(10-27(19)41(28)15-17-3-4-17)22-13-30(47(38,44)45)24(36)14-23(22)35/h5-6,9-14,17,20,26,31H,3-4,7-8,15-16,37H2,1-2H3,(H2,38,44,45)/t20?,26?,31-/m1/s1. The van der Waals surface area contributed by atoms with E-state index in [1.165, 1.54) is 0 Å². The normalized spacial score (nSPS) is 21.0. The predicted molar refractivity (Wildman–Crippen MR) is 173 cm³/mol. The number of nitrogens with two attached hydrogens (primary N) is 2. The molecule has 2 saturated carbocycles. The molecule has 3 aromatic carbocycles. The average Bonchev–Trinajstić information content (AvgIpc) is 3.44. The zero-order valence-corrected chi connectivity index (χ0v) is 26.7. The van der Waals surface area contributed by atoms with Crippen LogP contribution in [0, 0.1) is 23.5 Å². The van der Waals surface area contributed by atoms with Gasteiger partial charge in [0.05, 0.1) is 18.3 Å². The molecule has 2 aromatic heterocycles. The molecule has 47 heavy (non-hydrogen) atoms. The van der Waals surface area contributed by atoms with Crippen LogP contribution < -0.4 is 15.6 Å². The third-order valence-electron chi connectivity index (χ3n) is 10.2. The Bertz CT molecular complexity index is 2240. The monoisotopic (exact) mass is 660 g/mol. The molecule has 244 valence electrons. The molecule has 10 nitrogen and oxygen atoms in total. The second kappa shape index (κ2) is 10.6. The van der Waals surface area contributed by atoms with Crippen LogP contribution >= 0.6 is 0 Å². The molecule has 1 aliphatic heterocycles. The maximum Gasteiger partial charge on any atom is 0.254 e. The van der Waals surface area contributed by atoms with Gasteiger partial charge in [-0.15, -0.1) is 0 Å². The number of carbonyl (C=O) groups excluding carboxylic acids is 1. The van der Waals surface area contributed by atoms with Gasteiger partial charge >= 0.3 is 0 Å². The van der Waals surface area contributed by atoms with Crippen molar-refractivity contribution in [1.82, 2.24) is 19.0 Å². The van der Waals surface area contributed by atoms with Crippen LogP contribution in [0.5, 0.6) is 5.75 Å². The van der Waals surface area contributed by atoms with Crippen LogP contribution in [0.15, 0.2) is 53.4 Å². The molecule has 2 aliphatic carbocycles. The number of fused-ring (bicyclic) bond motifs is 4. The summed E-state index contributed by atoms with van der Waals surface area (Å²) in [5.41, 5.74) is 10.2. The van der Waals surface area contributed by atoms with Crippen molar-refractivity contribution < 1.29 is 26.7 Å². The molecule has 13 heteroatoms. The van der Waals surface area contributed by atoms with Gasteiger partial charge in [-0.05, 0) is 73.4 Å². The number of nitrogens with zero attached hydrogens (tertiary/aromatic N) is 4. The summed E-state index contributed by atoms with van der Waals surface area (Å²) in [4.78, 5) is 19.9. The van der Waals surface area contributed by atoms with E-state index in [9.17, 15) is 17.6 Å². The minimum atomic E-state index is -4.41. The van der Waals surface area contributed by atoms with Gasteiger partial charge in [0.2, 0.25) is 10.0 Å². The Kier molecular flexibility index (Phi) is 6.77. The fourth-order valence-electron chi connectivity index (χ4n) is 7.60. The third kappa shape index (κ3) is 4.82. The summed E-state index contributed by atoms with van der Waals surface area (Å²) in [5, 5.41) is 6.07. The van der Waals surface area contributed by atoms with Crippen LogP contribution in [0.2, 0.25) is 0 Å². The summed E-state index contributed by atoms with van der Waals surface area (Å²) in [6.07, 6.45) is 4.12. The lowest BCUT2D eigenvalue weighted by molar-refractivity contribution is 0.0700. The number of imidazole rings is 1. The fraction of sp³-hybridized carbons (Fsp3) is 0.353. The van der Waals surface area contributed by atoms with Crippen LogP contribution in [0.3, 0.4) is 0 Å². The molecule has 1 saturated heterocycles. The van der Waals surface area contributed by atoms with E-state index in [0.29, 0.717) is 59.2 Å². The fourth-order valence-corrected chi connectivity index (χ4v) is 8.21. The summed E-state index contributed by atoms with van der Waals surface area (Å²) < 4.78 is 63.2. The lowest BCUT2D eigenvalue weighted by Crippen LogP contribution is -2.41. The maximum absolute atomic E-state index is 15.0. The Morgan fingerprint density at radius 2 is 1.83 bits per heavy atom. The minimum absolute atomic E-state index is 0.00948. The van der Waals surface area contributed by atoms with E-state index in [0.717, 1.165) is 53.9 Å². The molecule has 8 rings (SSSR count). The predicted octanol–water partition coefficient (Wildman–Crippen LogP) is 4.77. The Hall–Kier alpha value is -4.33. The Morgan fingerprint density at radius 1 is 1.04 bits per heavy atom. The van der Waals surface area contributed by atoms with E-state index in [2.05, 4.69) is 4.57 Å². The van der Waals surface area contributed by atoms with Crippen LogP contribution in [0.25, 0.3) is 44.6 Å². The molecule has 1 amide bonds. The second-order valence-electron chi connectivity index (χ2n) is 13.1. The summed E-state index contributed by atoms with van der Waals surface area (Å²) in [5.74, 6) is -0.230. The summed E-state index contributed by atoms with van der Waals surface area (Å²) in [6, 6.07) is 12.4. The number of methoxy groups -OCH3 is 1. The highest BCUT2D eigenvalue weighted by Gasteiger charge is 2.47. The van der Waals surface area contributed by atoms with Crippen molar-refractivity contribution in [3.63, 3.8) is 0 Å². The number of ether oxygens (including phenoxy) is 1. The highest BCUT2D eigenvalue weighted by atomic mass is 32.2. The molecule has 3 aliphatic rings. The number of benzene rings is 3. The molecule has 0 spiro atoms. The van der Waals surface area contributed by atoms with Crippen LogP contribution in [-0.4, -0.2) is 59.1 Å². The smallest absolute Gasteiger partial charge is 0.254 e. The molecular formula is C34H34F2N6O4S. The number of sulfonamides is 1. The number of piperidine rings is 1. The van der Waals surface area contributed by atoms with Gasteiger partial charge in [-0.25, -0.2) is 27.3 Å². The van der Waals surface area contributed by atoms with Crippen molar-refractivity contribution in [2.75, 3.05) is 13.7 Å². The number of primary sulfonamides is 1. The number of hydrogen-bond donors (Lipinski definition) is 2. The number of aromatic nitrogens is 3. The molecule has 2 bridgehead atoms. The van der Waals surface area contributed by atoms with E-state index >= 15 is 4.39 Å². The first-order valence-corrected chi connectivity index (χ1v) is 17.2. The lowest BCUT2D eigenvalue weighted by Gasteiger charge is -2.27. The minimum Gasteiger partial charge on any atom is -0.494 e. The molecule has 3 fully saturated rings. The number of amides is 1. The average molecular weight is 661 g/mol. The van der Waals surface area contributed by atoms with Crippen LogP contribution in [-0.2, 0) is 23.6 Å². The van der Waals surface area contributed by atoms with Gasteiger partial charge in [0.15, 0.2) is 5.82 Å². The highest BCUT2D eigenvalue weighted by molar-refractivity contribution is 7.89. The molecule has 2 unspecified atom stereocenters. The van der Waals surface area contributed by atoms with Gasteiger partial charge in [-0.1, -0.05) is 12.1 Å². The van der Waals surface area contributed by atoms with Crippen molar-refractivity contribution in [3.05, 3.63) is 65.7 Å². The number of rotatable bonds is 7. The third-order valence-corrected chi connectivity index (χ3v) is 11.2. The molecular weight excluding hydrogens is 626 g/mol. The van der Waals surface area contributed by atoms with E-state index in [1.54, 1.807) is 25.3 Å². The zero-order valence-electron chi connectivity index (χ0n) is 25.9. The number of halogens is 2. The van der Waals surface area contributed by atoms with E-state index in [-0.39, 0.29) is 23.6 Å². The first kappa shape index (κ1) is 30.0. The number of likely N-dealkylation sites (tertiary alicyclic amines) is 1. The van der Waals surface area contributed by atoms with Crippen LogP contribution in [0.1, 0.15) is 36.0 Å². The topological polar surface area (TPSA) is 138 Å². The SMILES string of the molecule is COc1cc(C(=O)N2CC3CCC2[C@@H]3N)cc2nc(-c3cc4ccc(-c5cc(S(N)(=O)=O)c(F)cc5F)cc4n3CC3CC3)n(C)c12. The van der Waals surface area contributed by atoms with Gasteiger partial charge in [-0.2, -0.15) is 0 Å². The van der Waals surface area contributed by atoms with Gasteiger partial charge in [-0.3, -0.25) is 4.79 Å². The summed E-state index contributed by atoms with van der Waals surface area (Å²) in [7, 11) is -0.933. The van der Waals surface area contributed by atoms with Crippen molar-refractivity contribution in [2.24, 2.45) is 29.8 Å². The molecule has 4 N–H and O–H groups in total. The molecule has 3 atom stereocenters. The Balaban J connectivity index is 1.25. The molecule has 0 radical (unpaired) electrons. The van der Waals surface area contributed by atoms with Crippen molar-refractivity contribution >= 4 is 37.9 Å². The van der Waals surface area contributed by atoms with Crippen LogP contribution in [0.4, 0.5) is 8.78 Å². The number of carbonyl (C=O) groups is 1. The highest BCUT2D eigenvalue weighted by Crippen LogP contribution is 2.41. The van der Waals surface area contributed by atoms with Crippen molar-refractivity contribution in [3.8, 4) is 28.4 Å². The molecule has 5 aromatic rings. The first-order valence-electron chi connectivity index (χ1n) is 15.7. The van der Waals surface area contributed by atoms with E-state index in [4.69, 9.17) is 20.6 Å². The number of hydrogen-bond acceptors (Lipinski definition) is 6. The van der Waals surface area contributed by atoms with Gasteiger partial charge in [0, 0.05) is 60.3 Å². The Morgan fingerprint density at radius 3 is 2.49 bits per heavy atom. The van der Waals surface area contributed by atoms with Gasteiger partial charge < -0.3 is 24.5 Å².